The van der Waals surface area contributed by atoms with Crippen LogP contribution in [0.2, 0.25) is 5.02 Å². The van der Waals surface area contributed by atoms with Crippen LogP contribution in [-0.2, 0) is 0 Å². The van der Waals surface area contributed by atoms with E-state index in [1.165, 1.54) is 0 Å². The van der Waals surface area contributed by atoms with E-state index in [1.54, 1.807) is 6.07 Å². The Morgan fingerprint density at radius 3 is 2.76 bits per heavy atom. The zero-order valence-electron chi connectivity index (χ0n) is 10.1. The summed E-state index contributed by atoms with van der Waals surface area (Å²) in [5.74, 6) is 0. The molecule has 0 heterocycles. The van der Waals surface area contributed by atoms with E-state index >= 15 is 0 Å². The molecule has 0 aliphatic carbocycles. The highest BCUT2D eigenvalue weighted by molar-refractivity contribution is 6.31. The highest BCUT2D eigenvalue weighted by Gasteiger charge is 2.02. The van der Waals surface area contributed by atoms with Gasteiger partial charge in [-0.3, -0.25) is 0 Å². The molecule has 0 atom stereocenters. The minimum Gasteiger partial charge on any atom is -0.338 e. The smallest absolute Gasteiger partial charge is 0.319 e. The van der Waals surface area contributed by atoms with Gasteiger partial charge in [0.05, 0.1) is 0 Å². The summed E-state index contributed by atoms with van der Waals surface area (Å²) in [6.07, 6.45) is 0.901. The van der Waals surface area contributed by atoms with Gasteiger partial charge in [-0.05, 0) is 44.6 Å². The molecule has 1 aromatic rings. The van der Waals surface area contributed by atoms with Crippen LogP contribution in [0, 0.1) is 6.92 Å². The Kier molecular flexibility index (Phi) is 5.80. The fourth-order valence-electron chi connectivity index (χ4n) is 1.31. The Bertz CT molecular complexity index is 382. The minimum absolute atomic E-state index is 0.207. The summed E-state index contributed by atoms with van der Waals surface area (Å²) in [4.78, 5) is 11.5. The summed E-state index contributed by atoms with van der Waals surface area (Å²) in [6, 6.07) is 5.23. The van der Waals surface area contributed by atoms with Crippen LogP contribution >= 0.6 is 11.6 Å². The molecule has 94 valence electrons. The summed E-state index contributed by atoms with van der Waals surface area (Å²) in [5, 5.41) is 9.17. The third kappa shape index (κ3) is 5.06. The second-order valence-corrected chi connectivity index (χ2v) is 4.21. The normalized spacial score (nSPS) is 10.1. The van der Waals surface area contributed by atoms with Crippen molar-refractivity contribution in [2.24, 2.45) is 0 Å². The van der Waals surface area contributed by atoms with Crippen LogP contribution in [0.4, 0.5) is 10.5 Å². The summed E-state index contributed by atoms with van der Waals surface area (Å²) in [5.41, 5.74) is 1.69. The van der Waals surface area contributed by atoms with Gasteiger partial charge in [-0.25, -0.2) is 4.79 Å². The van der Waals surface area contributed by atoms with Crippen LogP contribution in [0.3, 0.4) is 0 Å². The van der Waals surface area contributed by atoms with Gasteiger partial charge >= 0.3 is 6.03 Å². The molecule has 0 aliphatic heterocycles. The minimum atomic E-state index is -0.207. The topological polar surface area (TPSA) is 53.2 Å². The quantitative estimate of drug-likeness (QED) is 0.708. The van der Waals surface area contributed by atoms with E-state index < -0.39 is 0 Å². The second kappa shape index (κ2) is 7.14. The third-order valence-electron chi connectivity index (χ3n) is 2.32. The van der Waals surface area contributed by atoms with Crippen molar-refractivity contribution in [3.63, 3.8) is 0 Å². The Hall–Kier alpha value is -1.26. The lowest BCUT2D eigenvalue weighted by Gasteiger charge is -2.08. The molecular formula is C12H18ClN3O. The number of nitrogens with one attached hydrogen (secondary N) is 3. The number of urea groups is 1. The van der Waals surface area contributed by atoms with Crippen LogP contribution in [0.15, 0.2) is 18.2 Å². The molecule has 0 aromatic heterocycles. The maximum atomic E-state index is 11.5. The molecule has 0 unspecified atom stereocenters. The molecule has 0 radical (unpaired) electrons. The van der Waals surface area contributed by atoms with E-state index in [0.29, 0.717) is 17.3 Å². The van der Waals surface area contributed by atoms with E-state index in [2.05, 4.69) is 16.0 Å². The first kappa shape index (κ1) is 13.8. The SMILES string of the molecule is CNCCCNC(=O)Nc1ccc(C)c(Cl)c1. The fourth-order valence-corrected chi connectivity index (χ4v) is 1.49. The van der Waals surface area contributed by atoms with Gasteiger partial charge in [-0.15, -0.1) is 0 Å². The molecule has 0 spiro atoms. The van der Waals surface area contributed by atoms with Gasteiger partial charge in [-0.1, -0.05) is 17.7 Å². The van der Waals surface area contributed by atoms with Crippen molar-refractivity contribution in [1.29, 1.82) is 0 Å². The maximum absolute atomic E-state index is 11.5. The zero-order chi connectivity index (χ0) is 12.7. The number of carbonyl (C=O) groups excluding carboxylic acids is 1. The van der Waals surface area contributed by atoms with Gasteiger partial charge in [0.25, 0.3) is 0 Å². The molecule has 1 aromatic carbocycles. The van der Waals surface area contributed by atoms with Gasteiger partial charge in [-0.2, -0.15) is 0 Å². The van der Waals surface area contributed by atoms with Gasteiger partial charge in [0, 0.05) is 17.3 Å². The Morgan fingerprint density at radius 1 is 1.35 bits per heavy atom. The first-order chi connectivity index (χ1) is 8.13. The van der Waals surface area contributed by atoms with Crippen LogP contribution in [0.25, 0.3) is 0 Å². The van der Waals surface area contributed by atoms with Crippen molar-refractivity contribution in [3.8, 4) is 0 Å². The lowest BCUT2D eigenvalue weighted by molar-refractivity contribution is 0.252. The summed E-state index contributed by atoms with van der Waals surface area (Å²) in [7, 11) is 1.88. The Morgan fingerprint density at radius 2 is 2.12 bits per heavy atom. The molecule has 17 heavy (non-hydrogen) atoms. The zero-order valence-corrected chi connectivity index (χ0v) is 10.9. The van der Waals surface area contributed by atoms with E-state index in [0.717, 1.165) is 18.5 Å². The van der Waals surface area contributed by atoms with Crippen LogP contribution in [0.5, 0.6) is 0 Å². The molecule has 0 saturated heterocycles. The summed E-state index contributed by atoms with van der Waals surface area (Å²) < 4.78 is 0. The number of carbonyl (C=O) groups is 1. The molecule has 3 N–H and O–H groups in total. The standard InChI is InChI=1S/C12H18ClN3O/c1-9-4-5-10(8-11(9)13)16-12(17)15-7-3-6-14-2/h4-5,8,14H,3,6-7H2,1-2H3,(H2,15,16,17). The molecule has 2 amide bonds. The number of hydrogen-bond acceptors (Lipinski definition) is 2. The van der Waals surface area contributed by atoms with E-state index in [1.807, 2.05) is 26.1 Å². The highest BCUT2D eigenvalue weighted by Crippen LogP contribution is 2.19. The van der Waals surface area contributed by atoms with Crippen molar-refractivity contribution in [2.75, 3.05) is 25.5 Å². The Labute approximate surface area is 107 Å². The van der Waals surface area contributed by atoms with Crippen molar-refractivity contribution < 1.29 is 4.79 Å². The maximum Gasteiger partial charge on any atom is 0.319 e. The van der Waals surface area contributed by atoms with E-state index in [9.17, 15) is 4.79 Å². The second-order valence-electron chi connectivity index (χ2n) is 3.80. The molecule has 0 saturated carbocycles. The van der Waals surface area contributed by atoms with Crippen LogP contribution < -0.4 is 16.0 Å². The predicted octanol–water partition coefficient (Wildman–Crippen LogP) is 2.38. The van der Waals surface area contributed by atoms with Gasteiger partial charge in [0.1, 0.15) is 0 Å². The lowest BCUT2D eigenvalue weighted by atomic mass is 10.2. The average molecular weight is 256 g/mol. The van der Waals surface area contributed by atoms with Crippen molar-refractivity contribution in [3.05, 3.63) is 28.8 Å². The number of halogens is 1. The fraction of sp³-hybridized carbons (Fsp3) is 0.417. The van der Waals surface area contributed by atoms with Crippen molar-refractivity contribution in [1.82, 2.24) is 10.6 Å². The lowest BCUT2D eigenvalue weighted by Crippen LogP contribution is -2.30. The average Bonchev–Trinajstić information content (AvgIpc) is 2.30. The largest absolute Gasteiger partial charge is 0.338 e. The van der Waals surface area contributed by atoms with Crippen LogP contribution in [-0.4, -0.2) is 26.2 Å². The molecule has 0 fully saturated rings. The third-order valence-corrected chi connectivity index (χ3v) is 2.73. The van der Waals surface area contributed by atoms with Crippen molar-refractivity contribution >= 4 is 23.3 Å². The van der Waals surface area contributed by atoms with Crippen molar-refractivity contribution in [2.45, 2.75) is 13.3 Å². The number of anilines is 1. The Balaban J connectivity index is 2.37. The van der Waals surface area contributed by atoms with Gasteiger partial charge in [0.15, 0.2) is 0 Å². The van der Waals surface area contributed by atoms with Gasteiger partial charge < -0.3 is 16.0 Å². The first-order valence-electron chi connectivity index (χ1n) is 5.59. The summed E-state index contributed by atoms with van der Waals surface area (Å²) >= 11 is 5.96. The molecule has 1 rings (SSSR count). The molecule has 4 nitrogen and oxygen atoms in total. The molecule has 0 bridgehead atoms. The molecule has 0 aliphatic rings. The van der Waals surface area contributed by atoms with E-state index in [-0.39, 0.29) is 6.03 Å². The van der Waals surface area contributed by atoms with E-state index in [4.69, 9.17) is 11.6 Å². The van der Waals surface area contributed by atoms with Gasteiger partial charge in [0.2, 0.25) is 0 Å². The van der Waals surface area contributed by atoms with Crippen LogP contribution in [0.1, 0.15) is 12.0 Å². The molecular weight excluding hydrogens is 238 g/mol. The number of amides is 2. The number of aryl methyl sites for hydroxylation is 1. The first-order valence-corrected chi connectivity index (χ1v) is 5.97. The predicted molar refractivity (Wildman–Crippen MR) is 71.8 cm³/mol. The number of benzene rings is 1. The number of rotatable bonds is 5. The monoisotopic (exact) mass is 255 g/mol. The number of hydrogen-bond donors (Lipinski definition) is 3. The summed E-state index contributed by atoms with van der Waals surface area (Å²) in [6.45, 7) is 3.45. The highest BCUT2D eigenvalue weighted by atomic mass is 35.5. The molecule has 5 heteroatoms.